The number of hydrogen-bond acceptors (Lipinski definition) is 3. The summed E-state index contributed by atoms with van der Waals surface area (Å²) in [5, 5.41) is 3.02. The summed E-state index contributed by atoms with van der Waals surface area (Å²) in [4.78, 5) is 17.1. The van der Waals surface area contributed by atoms with Crippen LogP contribution in [0.5, 0.6) is 5.75 Å². The highest BCUT2D eigenvalue weighted by molar-refractivity contribution is 5.77. The molecule has 0 saturated heterocycles. The summed E-state index contributed by atoms with van der Waals surface area (Å²) >= 11 is 0. The van der Waals surface area contributed by atoms with Crippen LogP contribution in [0.15, 0.2) is 78.9 Å². The molecule has 1 N–H and O–H groups in total. The molecule has 158 valence electrons. The molecule has 0 radical (unpaired) electrons. The van der Waals surface area contributed by atoms with Gasteiger partial charge in [0.15, 0.2) is 0 Å². The molecule has 4 rings (SSSR count). The van der Waals surface area contributed by atoms with Crippen molar-refractivity contribution >= 4 is 16.9 Å². The van der Waals surface area contributed by atoms with E-state index < -0.39 is 0 Å². The first-order valence-corrected chi connectivity index (χ1v) is 10.6. The lowest BCUT2D eigenvalue weighted by atomic mass is 10.1. The van der Waals surface area contributed by atoms with Crippen LogP contribution >= 0.6 is 0 Å². The highest BCUT2D eigenvalue weighted by Gasteiger charge is 2.12. The van der Waals surface area contributed by atoms with Crippen molar-refractivity contribution in [2.75, 3.05) is 6.61 Å². The zero-order chi connectivity index (χ0) is 21.5. The Morgan fingerprint density at radius 2 is 1.71 bits per heavy atom. The number of para-hydroxylation sites is 2. The Kier molecular flexibility index (Phi) is 6.62. The lowest BCUT2D eigenvalue weighted by molar-refractivity contribution is -0.121. The highest BCUT2D eigenvalue weighted by atomic mass is 16.5. The Morgan fingerprint density at radius 1 is 0.968 bits per heavy atom. The topological polar surface area (TPSA) is 56.1 Å². The van der Waals surface area contributed by atoms with Gasteiger partial charge in [-0.25, -0.2) is 4.98 Å². The minimum atomic E-state index is 0.0263. The Hall–Kier alpha value is -3.60. The molecular formula is C26H27N3O2. The zero-order valence-corrected chi connectivity index (χ0v) is 17.8. The Bertz CT molecular complexity index is 1130. The number of benzene rings is 3. The summed E-state index contributed by atoms with van der Waals surface area (Å²) < 4.78 is 8.04. The van der Waals surface area contributed by atoms with E-state index in [1.54, 1.807) is 0 Å². The SMILES string of the molecule is Cc1ccc(OCCn2c(CNC(=O)CCc3ccccc3)nc3ccccc32)cc1. The lowest BCUT2D eigenvalue weighted by Gasteiger charge is -2.12. The molecule has 0 bridgehead atoms. The van der Waals surface area contributed by atoms with Gasteiger partial charge in [-0.1, -0.05) is 60.2 Å². The third-order valence-corrected chi connectivity index (χ3v) is 5.27. The second-order valence-electron chi connectivity index (χ2n) is 7.59. The van der Waals surface area contributed by atoms with Crippen LogP contribution in [0.1, 0.15) is 23.4 Å². The molecule has 5 nitrogen and oxygen atoms in total. The van der Waals surface area contributed by atoms with E-state index in [9.17, 15) is 4.79 Å². The molecule has 1 heterocycles. The normalized spacial score (nSPS) is 10.9. The molecule has 1 amide bonds. The van der Waals surface area contributed by atoms with E-state index in [1.807, 2.05) is 72.8 Å². The summed E-state index contributed by atoms with van der Waals surface area (Å²) in [6, 6.07) is 26.1. The number of fused-ring (bicyclic) bond motifs is 1. The zero-order valence-electron chi connectivity index (χ0n) is 17.8. The largest absolute Gasteiger partial charge is 0.492 e. The van der Waals surface area contributed by atoms with Gasteiger partial charge in [-0.05, 0) is 43.2 Å². The van der Waals surface area contributed by atoms with Crippen LogP contribution in [0, 0.1) is 6.92 Å². The van der Waals surface area contributed by atoms with Gasteiger partial charge in [-0.15, -0.1) is 0 Å². The molecule has 1 aromatic heterocycles. The molecule has 0 aliphatic carbocycles. The minimum Gasteiger partial charge on any atom is -0.492 e. The van der Waals surface area contributed by atoms with Crippen LogP contribution in [0.4, 0.5) is 0 Å². The predicted octanol–water partition coefficient (Wildman–Crippen LogP) is 4.67. The van der Waals surface area contributed by atoms with Crippen molar-refractivity contribution in [3.63, 3.8) is 0 Å². The van der Waals surface area contributed by atoms with Gasteiger partial charge in [0.2, 0.25) is 5.91 Å². The van der Waals surface area contributed by atoms with Gasteiger partial charge in [-0.2, -0.15) is 0 Å². The van der Waals surface area contributed by atoms with Crippen LogP contribution in [-0.2, 0) is 24.3 Å². The standard InChI is InChI=1S/C26H27N3O2/c1-20-11-14-22(15-12-20)31-18-17-29-24-10-6-5-9-23(24)28-25(29)19-27-26(30)16-13-21-7-3-2-4-8-21/h2-12,14-15H,13,16-19H2,1H3,(H,27,30). The van der Waals surface area contributed by atoms with Crippen LogP contribution in [0.25, 0.3) is 11.0 Å². The third-order valence-electron chi connectivity index (χ3n) is 5.27. The van der Waals surface area contributed by atoms with Crippen molar-refractivity contribution in [1.29, 1.82) is 0 Å². The predicted molar refractivity (Wildman–Crippen MR) is 123 cm³/mol. The molecule has 0 aliphatic rings. The number of carbonyl (C=O) groups excluding carboxylic acids is 1. The van der Waals surface area contributed by atoms with E-state index in [4.69, 9.17) is 9.72 Å². The first kappa shape index (κ1) is 20.7. The van der Waals surface area contributed by atoms with Crippen molar-refractivity contribution < 1.29 is 9.53 Å². The van der Waals surface area contributed by atoms with Gasteiger partial charge in [-0.3, -0.25) is 4.79 Å². The number of carbonyl (C=O) groups is 1. The Balaban J connectivity index is 1.38. The maximum atomic E-state index is 12.4. The third kappa shape index (κ3) is 5.51. The number of nitrogens with zero attached hydrogens (tertiary/aromatic N) is 2. The number of ether oxygens (including phenoxy) is 1. The fourth-order valence-corrected chi connectivity index (χ4v) is 3.57. The first-order valence-electron chi connectivity index (χ1n) is 10.6. The number of amides is 1. The summed E-state index contributed by atoms with van der Waals surface area (Å²) in [6.07, 6.45) is 1.19. The van der Waals surface area contributed by atoms with E-state index in [2.05, 4.69) is 22.9 Å². The molecule has 0 saturated carbocycles. The van der Waals surface area contributed by atoms with E-state index in [0.29, 0.717) is 26.1 Å². The summed E-state index contributed by atoms with van der Waals surface area (Å²) in [5.74, 6) is 1.71. The average molecular weight is 414 g/mol. The highest BCUT2D eigenvalue weighted by Crippen LogP contribution is 2.17. The second kappa shape index (κ2) is 9.94. The number of rotatable bonds is 9. The Labute approximate surface area is 182 Å². The number of aromatic nitrogens is 2. The van der Waals surface area contributed by atoms with Gasteiger partial charge in [0.1, 0.15) is 18.2 Å². The summed E-state index contributed by atoms with van der Waals surface area (Å²) in [5.41, 5.74) is 4.34. The lowest BCUT2D eigenvalue weighted by Crippen LogP contribution is -2.25. The molecule has 4 aromatic rings. The molecule has 0 unspecified atom stereocenters. The van der Waals surface area contributed by atoms with Crippen molar-refractivity contribution in [3.8, 4) is 5.75 Å². The van der Waals surface area contributed by atoms with Crippen LogP contribution in [0.3, 0.4) is 0 Å². The second-order valence-corrected chi connectivity index (χ2v) is 7.59. The van der Waals surface area contributed by atoms with E-state index in [0.717, 1.165) is 34.6 Å². The van der Waals surface area contributed by atoms with Crippen LogP contribution in [-0.4, -0.2) is 22.1 Å². The number of imidazole rings is 1. The van der Waals surface area contributed by atoms with Crippen LogP contribution in [0.2, 0.25) is 0 Å². The average Bonchev–Trinajstić information content (AvgIpc) is 3.16. The molecule has 0 fully saturated rings. The van der Waals surface area contributed by atoms with Crippen molar-refractivity contribution in [2.45, 2.75) is 32.9 Å². The molecule has 3 aromatic carbocycles. The molecule has 0 aliphatic heterocycles. The van der Waals surface area contributed by atoms with Crippen molar-refractivity contribution in [2.24, 2.45) is 0 Å². The van der Waals surface area contributed by atoms with Crippen molar-refractivity contribution in [1.82, 2.24) is 14.9 Å². The molecule has 31 heavy (non-hydrogen) atoms. The van der Waals surface area contributed by atoms with E-state index in [1.165, 1.54) is 5.56 Å². The quantitative estimate of drug-likeness (QED) is 0.434. The van der Waals surface area contributed by atoms with Crippen molar-refractivity contribution in [3.05, 3.63) is 95.8 Å². The van der Waals surface area contributed by atoms with Gasteiger partial charge >= 0.3 is 0 Å². The summed E-state index contributed by atoms with van der Waals surface area (Å²) in [7, 11) is 0. The summed E-state index contributed by atoms with van der Waals surface area (Å²) in [6.45, 7) is 3.64. The smallest absolute Gasteiger partial charge is 0.220 e. The first-order chi connectivity index (χ1) is 15.2. The van der Waals surface area contributed by atoms with Gasteiger partial charge in [0, 0.05) is 6.42 Å². The molecule has 0 spiro atoms. The van der Waals surface area contributed by atoms with Gasteiger partial charge < -0.3 is 14.6 Å². The molecule has 0 atom stereocenters. The Morgan fingerprint density at radius 3 is 2.52 bits per heavy atom. The number of hydrogen-bond donors (Lipinski definition) is 1. The number of nitrogens with one attached hydrogen (secondary N) is 1. The fourth-order valence-electron chi connectivity index (χ4n) is 3.57. The number of aryl methyl sites for hydroxylation is 2. The van der Waals surface area contributed by atoms with Gasteiger partial charge in [0.05, 0.1) is 24.1 Å². The molecule has 5 heteroatoms. The van der Waals surface area contributed by atoms with Crippen LogP contribution < -0.4 is 10.1 Å². The van der Waals surface area contributed by atoms with E-state index >= 15 is 0 Å². The van der Waals surface area contributed by atoms with Gasteiger partial charge in [0.25, 0.3) is 0 Å². The monoisotopic (exact) mass is 413 g/mol. The fraction of sp³-hybridized carbons (Fsp3) is 0.231. The molecular weight excluding hydrogens is 386 g/mol. The minimum absolute atomic E-state index is 0.0263. The maximum Gasteiger partial charge on any atom is 0.220 e. The maximum absolute atomic E-state index is 12.4. The van der Waals surface area contributed by atoms with E-state index in [-0.39, 0.29) is 5.91 Å².